The zero-order chi connectivity index (χ0) is 18.3. The number of morpholine rings is 1. The van der Waals surface area contributed by atoms with Crippen LogP contribution in [0.4, 0.5) is 5.69 Å². The number of hydrogen-bond acceptors (Lipinski definition) is 6. The minimum atomic E-state index is 0.677. The lowest BCUT2D eigenvalue weighted by atomic mass is 10.2. The van der Waals surface area contributed by atoms with E-state index in [0.717, 1.165) is 55.5 Å². The molecule has 0 amide bonds. The molecule has 0 aliphatic carbocycles. The predicted octanol–water partition coefficient (Wildman–Crippen LogP) is 2.53. The first-order chi connectivity index (χ1) is 13.4. The van der Waals surface area contributed by atoms with Crippen LogP contribution in [-0.2, 0) is 4.74 Å². The van der Waals surface area contributed by atoms with Gasteiger partial charge in [0.25, 0.3) is 0 Å². The van der Waals surface area contributed by atoms with E-state index < -0.39 is 0 Å². The molecule has 27 heavy (non-hydrogen) atoms. The maximum absolute atomic E-state index is 5.85. The van der Waals surface area contributed by atoms with Crippen LogP contribution in [0.3, 0.4) is 0 Å². The van der Waals surface area contributed by atoms with E-state index >= 15 is 0 Å². The smallest absolute Gasteiger partial charge is 0.119 e. The molecule has 0 unspecified atom stereocenters. The molecule has 0 bridgehead atoms. The molecule has 4 rings (SSSR count). The molecule has 7 heteroatoms. The Labute approximate surface area is 158 Å². The van der Waals surface area contributed by atoms with Crippen LogP contribution in [0.25, 0.3) is 11.3 Å². The first-order valence-corrected chi connectivity index (χ1v) is 9.14. The molecule has 2 heterocycles. The molecular weight excluding hydrogens is 342 g/mol. The molecule has 3 aromatic rings. The fraction of sp³-hybridized carbons (Fsp3) is 0.300. The van der Waals surface area contributed by atoms with Crippen molar-refractivity contribution in [3.05, 3.63) is 60.8 Å². The van der Waals surface area contributed by atoms with Gasteiger partial charge in [0.2, 0.25) is 0 Å². The van der Waals surface area contributed by atoms with E-state index in [0.29, 0.717) is 6.61 Å². The molecule has 1 aliphatic rings. The van der Waals surface area contributed by atoms with Gasteiger partial charge in [-0.1, -0.05) is 18.2 Å². The Bertz CT molecular complexity index is 829. The van der Waals surface area contributed by atoms with Crippen LogP contribution in [0, 0.1) is 0 Å². The van der Waals surface area contributed by atoms with Crippen molar-refractivity contribution in [2.45, 2.75) is 0 Å². The quantitative estimate of drug-likeness (QED) is 0.694. The maximum Gasteiger partial charge on any atom is 0.119 e. The topological polar surface area (TPSA) is 64.4 Å². The van der Waals surface area contributed by atoms with Crippen molar-refractivity contribution in [3.8, 4) is 17.0 Å². The Morgan fingerprint density at radius 1 is 1.00 bits per heavy atom. The van der Waals surface area contributed by atoms with E-state index in [4.69, 9.17) is 9.47 Å². The Morgan fingerprint density at radius 2 is 1.78 bits per heavy atom. The van der Waals surface area contributed by atoms with Crippen molar-refractivity contribution in [2.24, 2.45) is 0 Å². The third-order valence-corrected chi connectivity index (χ3v) is 4.44. The van der Waals surface area contributed by atoms with E-state index in [9.17, 15) is 0 Å². The first-order valence-electron chi connectivity index (χ1n) is 9.14. The zero-order valence-electron chi connectivity index (χ0n) is 15.1. The second kappa shape index (κ2) is 8.66. The normalized spacial score (nSPS) is 14.8. The summed E-state index contributed by atoms with van der Waals surface area (Å²) in [6.07, 6.45) is 1.86. The highest BCUT2D eigenvalue weighted by molar-refractivity contribution is 5.59. The van der Waals surface area contributed by atoms with Gasteiger partial charge in [-0.15, -0.1) is 5.10 Å². The number of para-hydroxylation sites is 1. The molecule has 2 aromatic carbocycles. The summed E-state index contributed by atoms with van der Waals surface area (Å²) in [5.74, 6) is 0.863. The Balaban J connectivity index is 1.31. The van der Waals surface area contributed by atoms with Crippen molar-refractivity contribution in [2.75, 3.05) is 44.9 Å². The van der Waals surface area contributed by atoms with Crippen molar-refractivity contribution >= 4 is 5.69 Å². The van der Waals surface area contributed by atoms with E-state index in [2.05, 4.69) is 20.6 Å². The van der Waals surface area contributed by atoms with Crippen LogP contribution >= 0.6 is 0 Å². The summed E-state index contributed by atoms with van der Waals surface area (Å²) in [6.45, 7) is 5.19. The van der Waals surface area contributed by atoms with Gasteiger partial charge in [0.15, 0.2) is 0 Å². The van der Waals surface area contributed by atoms with Crippen molar-refractivity contribution < 1.29 is 9.47 Å². The molecule has 0 saturated carbocycles. The van der Waals surface area contributed by atoms with Gasteiger partial charge in [-0.25, -0.2) is 0 Å². The van der Waals surface area contributed by atoms with Gasteiger partial charge in [-0.05, 0) is 41.6 Å². The molecule has 1 saturated heterocycles. The second-order valence-corrected chi connectivity index (χ2v) is 6.35. The lowest BCUT2D eigenvalue weighted by Gasteiger charge is -2.26. The summed E-state index contributed by atoms with van der Waals surface area (Å²) < 4.78 is 11.2. The third-order valence-electron chi connectivity index (χ3n) is 4.44. The summed E-state index contributed by atoms with van der Waals surface area (Å²) in [4.78, 5) is 3.97. The molecule has 0 radical (unpaired) electrons. The summed E-state index contributed by atoms with van der Waals surface area (Å²) >= 11 is 0. The zero-order valence-corrected chi connectivity index (χ0v) is 15.1. The number of rotatable bonds is 7. The number of anilines is 1. The van der Waals surface area contributed by atoms with E-state index in [1.165, 1.54) is 0 Å². The van der Waals surface area contributed by atoms with Crippen LogP contribution in [0.2, 0.25) is 0 Å². The molecule has 7 nitrogen and oxygen atoms in total. The lowest BCUT2D eigenvalue weighted by Crippen LogP contribution is -2.38. The molecule has 1 fully saturated rings. The predicted molar refractivity (Wildman–Crippen MR) is 104 cm³/mol. The van der Waals surface area contributed by atoms with Crippen LogP contribution in [0.15, 0.2) is 60.8 Å². The summed E-state index contributed by atoms with van der Waals surface area (Å²) in [7, 11) is 0. The Hall–Kier alpha value is -2.90. The average Bonchev–Trinajstić information content (AvgIpc) is 3.19. The molecule has 0 atom stereocenters. The fourth-order valence-corrected chi connectivity index (χ4v) is 2.93. The van der Waals surface area contributed by atoms with Gasteiger partial charge in [-0.3, -0.25) is 10.3 Å². The van der Waals surface area contributed by atoms with Gasteiger partial charge in [0.1, 0.15) is 18.1 Å². The Morgan fingerprint density at radius 3 is 2.56 bits per heavy atom. The fourth-order valence-electron chi connectivity index (χ4n) is 2.93. The minimum absolute atomic E-state index is 0.677. The lowest BCUT2D eigenvalue weighted by molar-refractivity contribution is 0.0322. The second-order valence-electron chi connectivity index (χ2n) is 6.35. The largest absolute Gasteiger partial charge is 0.492 e. The van der Waals surface area contributed by atoms with Crippen LogP contribution in [-0.4, -0.2) is 59.5 Å². The van der Waals surface area contributed by atoms with Gasteiger partial charge in [0.05, 0.1) is 25.1 Å². The van der Waals surface area contributed by atoms with Crippen LogP contribution in [0.5, 0.6) is 5.75 Å². The van der Waals surface area contributed by atoms with Crippen LogP contribution in [0.1, 0.15) is 0 Å². The van der Waals surface area contributed by atoms with Gasteiger partial charge in [0, 0.05) is 25.2 Å². The average molecular weight is 365 g/mol. The molecule has 1 N–H and O–H groups in total. The summed E-state index contributed by atoms with van der Waals surface area (Å²) in [6, 6.07) is 17.8. The molecule has 1 aromatic heterocycles. The first kappa shape index (κ1) is 17.5. The van der Waals surface area contributed by atoms with Gasteiger partial charge >= 0.3 is 0 Å². The molecule has 0 spiro atoms. The maximum atomic E-state index is 5.85. The van der Waals surface area contributed by atoms with Crippen LogP contribution < -0.4 is 10.2 Å². The monoisotopic (exact) mass is 365 g/mol. The van der Waals surface area contributed by atoms with E-state index in [-0.39, 0.29) is 0 Å². The van der Waals surface area contributed by atoms with Gasteiger partial charge < -0.3 is 9.47 Å². The molecular formula is C20H23N5O2. The number of aromatic nitrogens is 3. The highest BCUT2D eigenvalue weighted by atomic mass is 16.5. The van der Waals surface area contributed by atoms with Crippen molar-refractivity contribution in [1.82, 2.24) is 20.0 Å². The standard InChI is InChI=1S/C20H23N5O2/c1-2-4-18(5-3-1)22-25-16-20(21-23-25)17-6-8-19(9-7-17)27-15-12-24-10-13-26-14-11-24/h1-9,16,22H,10-15H2. The molecule has 140 valence electrons. The van der Waals surface area contributed by atoms with E-state index in [1.54, 1.807) is 4.79 Å². The van der Waals surface area contributed by atoms with Crippen molar-refractivity contribution in [3.63, 3.8) is 0 Å². The molecule has 1 aliphatic heterocycles. The SMILES string of the molecule is c1ccc(Nn2cc(-c3ccc(OCCN4CCOCC4)cc3)nn2)cc1. The third kappa shape index (κ3) is 4.84. The number of benzene rings is 2. The summed E-state index contributed by atoms with van der Waals surface area (Å²) in [5, 5.41) is 8.35. The minimum Gasteiger partial charge on any atom is -0.492 e. The number of nitrogens with one attached hydrogen (secondary N) is 1. The number of ether oxygens (including phenoxy) is 2. The van der Waals surface area contributed by atoms with Gasteiger partial charge in [-0.2, -0.15) is 4.79 Å². The highest BCUT2D eigenvalue weighted by Gasteiger charge is 2.10. The Kier molecular flexibility index (Phi) is 5.61. The summed E-state index contributed by atoms with van der Waals surface area (Å²) in [5.41, 5.74) is 5.93. The number of nitrogens with zero attached hydrogens (tertiary/aromatic N) is 4. The number of hydrogen-bond donors (Lipinski definition) is 1. The van der Waals surface area contributed by atoms with E-state index in [1.807, 2.05) is 60.8 Å². The highest BCUT2D eigenvalue weighted by Crippen LogP contribution is 2.20. The van der Waals surface area contributed by atoms with Crippen molar-refractivity contribution in [1.29, 1.82) is 0 Å².